The molecule has 1 unspecified atom stereocenters. The molecule has 7 nitrogen and oxygen atoms in total. The molecule has 0 saturated carbocycles. The van der Waals surface area contributed by atoms with Gasteiger partial charge in [0.25, 0.3) is 5.69 Å². The van der Waals surface area contributed by atoms with E-state index < -0.39 is 26.7 Å². The molecule has 24 heavy (non-hydrogen) atoms. The highest BCUT2D eigenvalue weighted by Gasteiger charge is 2.25. The van der Waals surface area contributed by atoms with Crippen molar-refractivity contribution in [3.63, 3.8) is 0 Å². The van der Waals surface area contributed by atoms with Gasteiger partial charge in [-0.1, -0.05) is 42.5 Å². The Balaban J connectivity index is 0.00000288. The lowest BCUT2D eigenvalue weighted by Gasteiger charge is -2.13. The number of nitro groups is 1. The van der Waals surface area contributed by atoms with E-state index in [-0.39, 0.29) is 23.8 Å². The molecule has 2 aromatic rings. The maximum absolute atomic E-state index is 12.2. The van der Waals surface area contributed by atoms with Crippen molar-refractivity contribution in [1.29, 1.82) is 0 Å². The van der Waals surface area contributed by atoms with Gasteiger partial charge < -0.3 is 5.73 Å². The molecule has 0 saturated heterocycles. The van der Waals surface area contributed by atoms with E-state index in [4.69, 9.17) is 5.73 Å². The number of nitrogens with zero attached hydrogens (tertiary/aromatic N) is 1. The minimum atomic E-state index is -3.99. The number of halogens is 1. The fourth-order valence-electron chi connectivity index (χ4n) is 2.12. The number of nitrogens with two attached hydrogens (primary N) is 1. The molecule has 0 spiro atoms. The van der Waals surface area contributed by atoms with Crippen LogP contribution in [0.15, 0.2) is 59.5 Å². The van der Waals surface area contributed by atoms with Gasteiger partial charge in [0.1, 0.15) is 0 Å². The van der Waals surface area contributed by atoms with Gasteiger partial charge in [0, 0.05) is 18.7 Å². The van der Waals surface area contributed by atoms with Crippen molar-refractivity contribution in [2.75, 3.05) is 6.54 Å². The minimum absolute atomic E-state index is 0. The van der Waals surface area contributed by atoms with Gasteiger partial charge in [-0.25, -0.2) is 13.1 Å². The number of nitro benzene ring substituents is 1. The molecule has 0 aromatic heterocycles. The van der Waals surface area contributed by atoms with Crippen molar-refractivity contribution < 1.29 is 13.3 Å². The van der Waals surface area contributed by atoms with Crippen LogP contribution in [0.1, 0.15) is 5.56 Å². The van der Waals surface area contributed by atoms with Gasteiger partial charge in [0.15, 0.2) is 4.90 Å². The number of para-hydroxylation sites is 1. The molecule has 0 amide bonds. The SMILES string of the molecule is Cl.NC(CNS(=O)(=O)c1ccccc1[N+](=O)[O-])Cc1ccccc1. The fourth-order valence-corrected chi connectivity index (χ4v) is 3.38. The number of nitrogens with one attached hydrogen (secondary N) is 1. The molecule has 0 heterocycles. The maximum atomic E-state index is 12.2. The van der Waals surface area contributed by atoms with Crippen LogP contribution in [0.4, 0.5) is 5.69 Å². The Bertz CT molecular complexity index is 784. The third-order valence-electron chi connectivity index (χ3n) is 3.23. The monoisotopic (exact) mass is 371 g/mol. The first kappa shape index (κ1) is 20.0. The minimum Gasteiger partial charge on any atom is -0.326 e. The Morgan fingerprint density at radius 2 is 1.67 bits per heavy atom. The predicted octanol–water partition coefficient (Wildman–Crippen LogP) is 1.86. The molecule has 0 fully saturated rings. The van der Waals surface area contributed by atoms with E-state index in [1.165, 1.54) is 18.2 Å². The van der Waals surface area contributed by atoms with Gasteiger partial charge in [-0.3, -0.25) is 10.1 Å². The molecule has 0 aliphatic heterocycles. The van der Waals surface area contributed by atoms with Crippen LogP contribution in [0.3, 0.4) is 0 Å². The largest absolute Gasteiger partial charge is 0.326 e. The smallest absolute Gasteiger partial charge is 0.289 e. The van der Waals surface area contributed by atoms with Crippen molar-refractivity contribution >= 4 is 28.1 Å². The first-order valence-corrected chi connectivity index (χ1v) is 8.41. The third kappa shape index (κ3) is 5.27. The average Bonchev–Trinajstić information content (AvgIpc) is 2.54. The van der Waals surface area contributed by atoms with E-state index in [1.807, 2.05) is 30.3 Å². The lowest BCUT2D eigenvalue weighted by molar-refractivity contribution is -0.387. The highest BCUT2D eigenvalue weighted by molar-refractivity contribution is 7.89. The maximum Gasteiger partial charge on any atom is 0.289 e. The van der Waals surface area contributed by atoms with Crippen molar-refractivity contribution in [3.8, 4) is 0 Å². The summed E-state index contributed by atoms with van der Waals surface area (Å²) < 4.78 is 26.8. The second kappa shape index (κ2) is 8.74. The summed E-state index contributed by atoms with van der Waals surface area (Å²) in [5.41, 5.74) is 6.46. The summed E-state index contributed by atoms with van der Waals surface area (Å²) in [7, 11) is -3.99. The lowest BCUT2D eigenvalue weighted by Crippen LogP contribution is -2.38. The fraction of sp³-hybridized carbons (Fsp3) is 0.200. The van der Waals surface area contributed by atoms with Gasteiger partial charge in [-0.2, -0.15) is 0 Å². The first-order chi connectivity index (χ1) is 10.9. The molecule has 9 heteroatoms. The van der Waals surface area contributed by atoms with Crippen LogP contribution in [-0.4, -0.2) is 25.9 Å². The van der Waals surface area contributed by atoms with Gasteiger partial charge in [-0.05, 0) is 18.1 Å². The first-order valence-electron chi connectivity index (χ1n) is 6.93. The van der Waals surface area contributed by atoms with E-state index >= 15 is 0 Å². The quantitative estimate of drug-likeness (QED) is 0.569. The topological polar surface area (TPSA) is 115 Å². The summed E-state index contributed by atoms with van der Waals surface area (Å²) in [4.78, 5) is 9.85. The molecule has 3 N–H and O–H groups in total. The van der Waals surface area contributed by atoms with Crippen LogP contribution in [0.5, 0.6) is 0 Å². The van der Waals surface area contributed by atoms with E-state index in [0.29, 0.717) is 6.42 Å². The number of sulfonamides is 1. The van der Waals surface area contributed by atoms with Crippen LogP contribution in [0.2, 0.25) is 0 Å². The predicted molar refractivity (Wildman–Crippen MR) is 93.7 cm³/mol. The van der Waals surface area contributed by atoms with Crippen LogP contribution in [0.25, 0.3) is 0 Å². The van der Waals surface area contributed by atoms with Crippen LogP contribution in [-0.2, 0) is 16.4 Å². The second-order valence-electron chi connectivity index (χ2n) is 5.03. The number of benzene rings is 2. The Labute approximate surface area is 146 Å². The van der Waals surface area contributed by atoms with Crippen molar-refractivity contribution in [2.24, 2.45) is 5.73 Å². The normalized spacial score (nSPS) is 12.2. The molecule has 2 rings (SSSR count). The van der Waals surface area contributed by atoms with Crippen molar-refractivity contribution in [2.45, 2.75) is 17.4 Å². The molecule has 130 valence electrons. The zero-order valence-corrected chi connectivity index (χ0v) is 14.3. The zero-order valence-electron chi connectivity index (χ0n) is 12.7. The summed E-state index contributed by atoms with van der Waals surface area (Å²) in [6, 6.07) is 14.2. The average molecular weight is 372 g/mol. The summed E-state index contributed by atoms with van der Waals surface area (Å²) in [6.45, 7) is -0.0106. The van der Waals surface area contributed by atoms with E-state index in [9.17, 15) is 18.5 Å². The van der Waals surface area contributed by atoms with E-state index in [2.05, 4.69) is 4.72 Å². The molecule has 0 bridgehead atoms. The molecular weight excluding hydrogens is 354 g/mol. The summed E-state index contributed by atoms with van der Waals surface area (Å²) >= 11 is 0. The second-order valence-corrected chi connectivity index (χ2v) is 6.76. The number of hydrogen-bond acceptors (Lipinski definition) is 5. The van der Waals surface area contributed by atoms with Gasteiger partial charge >= 0.3 is 0 Å². The van der Waals surface area contributed by atoms with E-state index in [1.54, 1.807) is 0 Å². The van der Waals surface area contributed by atoms with Gasteiger partial charge in [0.2, 0.25) is 10.0 Å². The standard InChI is InChI=1S/C15H17N3O4S.ClH/c16-13(10-12-6-2-1-3-7-12)11-17-23(21,22)15-9-5-4-8-14(15)18(19)20;/h1-9,13,17H,10-11,16H2;1H. The summed E-state index contributed by atoms with van der Waals surface area (Å²) in [6.07, 6.45) is 0.500. The molecule has 0 aliphatic rings. The van der Waals surface area contributed by atoms with Gasteiger partial charge in [0.05, 0.1) is 4.92 Å². The number of rotatable bonds is 7. The summed E-state index contributed by atoms with van der Waals surface area (Å²) in [5.74, 6) is 0. The third-order valence-corrected chi connectivity index (χ3v) is 4.70. The lowest BCUT2D eigenvalue weighted by atomic mass is 10.1. The Morgan fingerprint density at radius 1 is 1.08 bits per heavy atom. The molecule has 0 aliphatic carbocycles. The molecular formula is C15H18ClN3O4S. The molecule has 2 aromatic carbocycles. The Kier molecular flexibility index (Phi) is 7.30. The number of hydrogen-bond donors (Lipinski definition) is 2. The highest BCUT2D eigenvalue weighted by Crippen LogP contribution is 2.22. The van der Waals surface area contributed by atoms with Crippen LogP contribution in [0, 0.1) is 10.1 Å². The van der Waals surface area contributed by atoms with Crippen molar-refractivity contribution in [1.82, 2.24) is 4.72 Å². The van der Waals surface area contributed by atoms with E-state index in [0.717, 1.165) is 11.6 Å². The Hall–Kier alpha value is -2.00. The molecule has 1 atom stereocenters. The van der Waals surface area contributed by atoms with Crippen LogP contribution >= 0.6 is 12.4 Å². The zero-order chi connectivity index (χ0) is 16.9. The highest BCUT2D eigenvalue weighted by atomic mass is 35.5. The van der Waals surface area contributed by atoms with Crippen LogP contribution < -0.4 is 10.5 Å². The van der Waals surface area contributed by atoms with Crippen molar-refractivity contribution in [3.05, 3.63) is 70.3 Å². The molecule has 0 radical (unpaired) electrons. The Morgan fingerprint density at radius 3 is 2.29 bits per heavy atom. The van der Waals surface area contributed by atoms with Gasteiger partial charge in [-0.15, -0.1) is 12.4 Å². The summed E-state index contributed by atoms with van der Waals surface area (Å²) in [5, 5.41) is 10.9.